The summed E-state index contributed by atoms with van der Waals surface area (Å²) in [5.41, 5.74) is 2.39. The second-order valence-electron chi connectivity index (χ2n) is 8.27. The predicted molar refractivity (Wildman–Crippen MR) is 128 cm³/mol. The maximum absolute atomic E-state index is 13.3. The zero-order valence-electron chi connectivity index (χ0n) is 19.6. The van der Waals surface area contributed by atoms with Crippen LogP contribution in [0.2, 0.25) is 0 Å². The molecule has 2 aromatic carbocycles. The zero-order valence-corrected chi connectivity index (χ0v) is 20.4. The van der Waals surface area contributed by atoms with E-state index < -0.39 is 10.0 Å². The maximum Gasteiger partial charge on any atom is 0.253 e. The molecule has 184 valence electrons. The summed E-state index contributed by atoms with van der Waals surface area (Å²) >= 11 is 0. The number of rotatable bonds is 7. The highest BCUT2D eigenvalue weighted by atomic mass is 32.2. The number of carbonyl (C=O) groups is 1. The first-order chi connectivity index (χ1) is 16.4. The van der Waals surface area contributed by atoms with E-state index in [-0.39, 0.29) is 29.6 Å². The van der Waals surface area contributed by atoms with Crippen LogP contribution >= 0.6 is 0 Å². The SMILES string of the molecule is COc1ccc(C(=O)N(C)Cc2ccccc2N2CCOCC2)cc1S(=O)(=O)N1CCOCC1. The van der Waals surface area contributed by atoms with Gasteiger partial charge in [0.15, 0.2) is 0 Å². The second kappa shape index (κ2) is 10.7. The van der Waals surface area contributed by atoms with E-state index in [4.69, 9.17) is 14.2 Å². The highest BCUT2D eigenvalue weighted by Crippen LogP contribution is 2.29. The van der Waals surface area contributed by atoms with Crippen molar-refractivity contribution in [1.29, 1.82) is 0 Å². The van der Waals surface area contributed by atoms with Crippen molar-refractivity contribution < 1.29 is 27.4 Å². The van der Waals surface area contributed by atoms with Gasteiger partial charge in [-0.3, -0.25) is 4.79 Å². The van der Waals surface area contributed by atoms with Crippen LogP contribution in [-0.4, -0.2) is 90.3 Å². The van der Waals surface area contributed by atoms with Gasteiger partial charge in [-0.2, -0.15) is 4.31 Å². The number of benzene rings is 2. The minimum Gasteiger partial charge on any atom is -0.495 e. The van der Waals surface area contributed by atoms with Crippen LogP contribution in [0.4, 0.5) is 5.69 Å². The quantitative estimate of drug-likeness (QED) is 0.586. The first kappa shape index (κ1) is 24.5. The van der Waals surface area contributed by atoms with Crippen molar-refractivity contribution in [3.05, 3.63) is 53.6 Å². The third kappa shape index (κ3) is 5.20. The molecule has 0 atom stereocenters. The van der Waals surface area contributed by atoms with Gasteiger partial charge in [-0.05, 0) is 29.8 Å². The molecule has 0 unspecified atom stereocenters. The van der Waals surface area contributed by atoms with Gasteiger partial charge in [0.1, 0.15) is 10.6 Å². The Morgan fingerprint density at radius 1 is 1.00 bits per heavy atom. The van der Waals surface area contributed by atoms with E-state index >= 15 is 0 Å². The summed E-state index contributed by atoms with van der Waals surface area (Å²) in [6, 6.07) is 12.6. The van der Waals surface area contributed by atoms with Crippen molar-refractivity contribution in [1.82, 2.24) is 9.21 Å². The van der Waals surface area contributed by atoms with E-state index in [1.807, 2.05) is 18.2 Å². The minimum absolute atomic E-state index is 0.00938. The molecule has 4 rings (SSSR count). The predicted octanol–water partition coefficient (Wildman–Crippen LogP) is 1.82. The molecule has 0 radical (unpaired) electrons. The number of anilines is 1. The number of hydrogen-bond donors (Lipinski definition) is 0. The number of carbonyl (C=O) groups excluding carboxylic acids is 1. The molecule has 0 bridgehead atoms. The van der Waals surface area contributed by atoms with E-state index in [0.29, 0.717) is 38.5 Å². The molecular formula is C24H31N3O6S. The summed E-state index contributed by atoms with van der Waals surface area (Å²) in [6.45, 7) is 4.56. The Morgan fingerprint density at radius 2 is 1.65 bits per heavy atom. The van der Waals surface area contributed by atoms with Gasteiger partial charge in [-0.15, -0.1) is 0 Å². The molecule has 34 heavy (non-hydrogen) atoms. The second-order valence-corrected chi connectivity index (χ2v) is 10.2. The fourth-order valence-corrected chi connectivity index (χ4v) is 5.83. The Kier molecular flexibility index (Phi) is 7.72. The van der Waals surface area contributed by atoms with Gasteiger partial charge in [0.05, 0.1) is 33.5 Å². The van der Waals surface area contributed by atoms with Gasteiger partial charge in [0.25, 0.3) is 5.91 Å². The van der Waals surface area contributed by atoms with Gasteiger partial charge < -0.3 is 24.0 Å². The van der Waals surface area contributed by atoms with Crippen LogP contribution in [0.15, 0.2) is 47.4 Å². The number of morpholine rings is 2. The number of hydrogen-bond acceptors (Lipinski definition) is 7. The largest absolute Gasteiger partial charge is 0.495 e. The molecule has 2 aliphatic heterocycles. The van der Waals surface area contributed by atoms with Crippen LogP contribution in [0.1, 0.15) is 15.9 Å². The van der Waals surface area contributed by atoms with Gasteiger partial charge in [0, 0.05) is 51.0 Å². The molecule has 2 aromatic rings. The molecule has 10 heteroatoms. The molecule has 2 saturated heterocycles. The van der Waals surface area contributed by atoms with E-state index in [2.05, 4.69) is 11.0 Å². The standard InChI is InChI=1S/C24H31N3O6S/c1-25(18-20-5-3-4-6-21(20)26-9-13-32-14-10-26)24(28)19-7-8-22(31-2)23(17-19)34(29,30)27-11-15-33-16-12-27/h3-8,17H,9-16,18H2,1-2H3. The summed E-state index contributed by atoms with van der Waals surface area (Å²) in [5.74, 6) is -0.0544. The molecule has 2 heterocycles. The van der Waals surface area contributed by atoms with Crippen LogP contribution in [0, 0.1) is 0 Å². The van der Waals surface area contributed by atoms with Gasteiger partial charge >= 0.3 is 0 Å². The first-order valence-corrected chi connectivity index (χ1v) is 12.8. The van der Waals surface area contributed by atoms with Gasteiger partial charge in [-0.1, -0.05) is 18.2 Å². The topological polar surface area (TPSA) is 88.6 Å². The lowest BCUT2D eigenvalue weighted by Gasteiger charge is -2.31. The smallest absolute Gasteiger partial charge is 0.253 e. The summed E-state index contributed by atoms with van der Waals surface area (Å²) in [7, 11) is -0.686. The van der Waals surface area contributed by atoms with E-state index in [9.17, 15) is 13.2 Å². The number of ether oxygens (including phenoxy) is 3. The molecule has 2 fully saturated rings. The molecule has 1 amide bonds. The van der Waals surface area contributed by atoms with Crippen LogP contribution in [0.25, 0.3) is 0 Å². The molecule has 0 saturated carbocycles. The lowest BCUT2D eigenvalue weighted by Crippen LogP contribution is -2.40. The fraction of sp³-hybridized carbons (Fsp3) is 0.458. The summed E-state index contributed by atoms with van der Waals surface area (Å²) in [5, 5.41) is 0. The Labute approximate surface area is 200 Å². The van der Waals surface area contributed by atoms with Crippen molar-refractivity contribution in [3.8, 4) is 5.75 Å². The van der Waals surface area contributed by atoms with Crippen molar-refractivity contribution in [2.24, 2.45) is 0 Å². The number of nitrogens with zero attached hydrogens (tertiary/aromatic N) is 3. The molecule has 0 aromatic heterocycles. The average Bonchev–Trinajstić information content (AvgIpc) is 2.89. The minimum atomic E-state index is -3.83. The van der Waals surface area contributed by atoms with Crippen molar-refractivity contribution >= 4 is 21.6 Å². The monoisotopic (exact) mass is 489 g/mol. The van der Waals surface area contributed by atoms with Crippen molar-refractivity contribution in [2.75, 3.05) is 71.7 Å². The Hall–Kier alpha value is -2.66. The number of para-hydroxylation sites is 1. The third-order valence-corrected chi connectivity index (χ3v) is 8.02. The molecular weight excluding hydrogens is 458 g/mol. The fourth-order valence-electron chi connectivity index (χ4n) is 4.24. The van der Waals surface area contributed by atoms with E-state index in [1.54, 1.807) is 18.0 Å². The van der Waals surface area contributed by atoms with E-state index in [1.165, 1.54) is 23.5 Å². The summed E-state index contributed by atoms with van der Waals surface area (Å²) in [4.78, 5) is 17.2. The highest BCUT2D eigenvalue weighted by Gasteiger charge is 2.30. The Balaban J connectivity index is 1.57. The number of sulfonamides is 1. The molecule has 2 aliphatic rings. The Bertz CT molecular complexity index is 1110. The Morgan fingerprint density at radius 3 is 2.32 bits per heavy atom. The normalized spacial score (nSPS) is 17.4. The van der Waals surface area contributed by atoms with Crippen LogP contribution in [0.5, 0.6) is 5.75 Å². The van der Waals surface area contributed by atoms with Crippen LogP contribution in [0.3, 0.4) is 0 Å². The summed E-state index contributed by atoms with van der Waals surface area (Å²) < 4.78 is 44.0. The van der Waals surface area contributed by atoms with Crippen LogP contribution in [-0.2, 0) is 26.0 Å². The highest BCUT2D eigenvalue weighted by molar-refractivity contribution is 7.89. The van der Waals surface area contributed by atoms with E-state index in [0.717, 1.165) is 24.3 Å². The maximum atomic E-state index is 13.3. The zero-order chi connectivity index (χ0) is 24.1. The molecule has 0 N–H and O–H groups in total. The molecule has 0 aliphatic carbocycles. The van der Waals surface area contributed by atoms with Crippen molar-refractivity contribution in [2.45, 2.75) is 11.4 Å². The lowest BCUT2D eigenvalue weighted by atomic mass is 10.1. The first-order valence-electron chi connectivity index (χ1n) is 11.3. The van der Waals surface area contributed by atoms with Gasteiger partial charge in [0.2, 0.25) is 10.0 Å². The summed E-state index contributed by atoms with van der Waals surface area (Å²) in [6.07, 6.45) is 0. The lowest BCUT2D eigenvalue weighted by molar-refractivity contribution is 0.0729. The van der Waals surface area contributed by atoms with Crippen molar-refractivity contribution in [3.63, 3.8) is 0 Å². The van der Waals surface area contributed by atoms with Gasteiger partial charge in [-0.25, -0.2) is 8.42 Å². The average molecular weight is 490 g/mol. The molecule has 0 spiro atoms. The molecule has 9 nitrogen and oxygen atoms in total. The van der Waals surface area contributed by atoms with Crippen LogP contribution < -0.4 is 9.64 Å². The number of amides is 1. The number of methoxy groups -OCH3 is 1. The third-order valence-electron chi connectivity index (χ3n) is 6.10.